The molecule has 0 radical (unpaired) electrons. The predicted octanol–water partition coefficient (Wildman–Crippen LogP) is 1.33. The van der Waals surface area contributed by atoms with Crippen LogP contribution in [0.4, 0.5) is 5.69 Å². The van der Waals surface area contributed by atoms with Crippen LogP contribution >= 0.6 is 0 Å². The SMILES string of the molecule is O=C1[C@H](N2CCN(Cc3cn[nH]c3)CC2)CCN1c1ccccc1. The van der Waals surface area contributed by atoms with Gasteiger partial charge in [0.2, 0.25) is 5.91 Å². The minimum absolute atomic E-state index is 0.0429. The molecular weight excluding hydrogens is 302 g/mol. The average Bonchev–Trinajstić information content (AvgIpc) is 3.26. The number of aromatic amines is 1. The second-order valence-corrected chi connectivity index (χ2v) is 6.55. The van der Waals surface area contributed by atoms with Crippen molar-refractivity contribution in [2.75, 3.05) is 37.6 Å². The zero-order chi connectivity index (χ0) is 16.4. The quantitative estimate of drug-likeness (QED) is 0.921. The normalized spacial score (nSPS) is 23.1. The van der Waals surface area contributed by atoms with Crippen LogP contribution in [0.25, 0.3) is 0 Å². The predicted molar refractivity (Wildman–Crippen MR) is 92.6 cm³/mol. The second-order valence-electron chi connectivity index (χ2n) is 6.55. The van der Waals surface area contributed by atoms with Crippen LogP contribution in [0.5, 0.6) is 0 Å². The van der Waals surface area contributed by atoms with Gasteiger partial charge in [-0.15, -0.1) is 0 Å². The maximum Gasteiger partial charge on any atom is 0.244 e. The lowest BCUT2D eigenvalue weighted by Gasteiger charge is -2.37. The van der Waals surface area contributed by atoms with E-state index in [1.165, 1.54) is 5.56 Å². The van der Waals surface area contributed by atoms with E-state index >= 15 is 0 Å². The molecule has 1 atom stereocenters. The Morgan fingerprint density at radius 2 is 1.88 bits per heavy atom. The lowest BCUT2D eigenvalue weighted by atomic mass is 10.1. The molecule has 126 valence electrons. The number of aromatic nitrogens is 2. The topological polar surface area (TPSA) is 55.5 Å². The van der Waals surface area contributed by atoms with E-state index in [2.05, 4.69) is 20.0 Å². The third kappa shape index (κ3) is 3.07. The highest BCUT2D eigenvalue weighted by Gasteiger charge is 2.37. The van der Waals surface area contributed by atoms with Crippen molar-refractivity contribution in [3.05, 3.63) is 48.3 Å². The van der Waals surface area contributed by atoms with Crippen molar-refractivity contribution in [3.8, 4) is 0 Å². The molecule has 1 N–H and O–H groups in total. The number of rotatable bonds is 4. The molecule has 2 aliphatic heterocycles. The summed E-state index contributed by atoms with van der Waals surface area (Å²) in [6.45, 7) is 5.66. The molecule has 2 saturated heterocycles. The van der Waals surface area contributed by atoms with Crippen LogP contribution in [-0.4, -0.2) is 64.7 Å². The lowest BCUT2D eigenvalue weighted by Crippen LogP contribution is -2.52. The Morgan fingerprint density at radius 3 is 2.58 bits per heavy atom. The van der Waals surface area contributed by atoms with Gasteiger partial charge in [-0.3, -0.25) is 19.7 Å². The van der Waals surface area contributed by atoms with Crippen LogP contribution in [0.15, 0.2) is 42.7 Å². The molecule has 1 amide bonds. The van der Waals surface area contributed by atoms with Gasteiger partial charge < -0.3 is 4.90 Å². The lowest BCUT2D eigenvalue weighted by molar-refractivity contribution is -0.122. The van der Waals surface area contributed by atoms with E-state index in [4.69, 9.17) is 0 Å². The summed E-state index contributed by atoms with van der Waals surface area (Å²) < 4.78 is 0. The summed E-state index contributed by atoms with van der Waals surface area (Å²) in [5, 5.41) is 6.86. The first-order valence-corrected chi connectivity index (χ1v) is 8.62. The highest BCUT2D eigenvalue weighted by molar-refractivity contribution is 5.99. The Bertz CT molecular complexity index is 664. The number of nitrogens with zero attached hydrogens (tertiary/aromatic N) is 4. The fourth-order valence-electron chi connectivity index (χ4n) is 3.72. The maximum absolute atomic E-state index is 12.8. The molecular formula is C18H23N5O. The minimum Gasteiger partial charge on any atom is -0.311 e. The average molecular weight is 325 g/mol. The van der Waals surface area contributed by atoms with Crippen molar-refractivity contribution in [2.45, 2.75) is 19.0 Å². The van der Waals surface area contributed by atoms with Gasteiger partial charge in [-0.05, 0) is 18.6 Å². The molecule has 0 aliphatic carbocycles. The van der Waals surface area contributed by atoms with Gasteiger partial charge in [0.1, 0.15) is 0 Å². The first-order chi connectivity index (χ1) is 11.8. The Kier molecular flexibility index (Phi) is 4.32. The third-order valence-electron chi connectivity index (χ3n) is 5.05. The Hall–Kier alpha value is -2.18. The maximum atomic E-state index is 12.8. The van der Waals surface area contributed by atoms with E-state index in [9.17, 15) is 4.79 Å². The van der Waals surface area contributed by atoms with Crippen LogP contribution < -0.4 is 4.90 Å². The third-order valence-corrected chi connectivity index (χ3v) is 5.05. The summed E-state index contributed by atoms with van der Waals surface area (Å²) in [4.78, 5) is 19.5. The molecule has 2 aliphatic rings. The molecule has 0 spiro atoms. The van der Waals surface area contributed by atoms with Crippen molar-refractivity contribution in [1.82, 2.24) is 20.0 Å². The number of carbonyl (C=O) groups excluding carboxylic acids is 1. The number of anilines is 1. The summed E-state index contributed by atoms with van der Waals surface area (Å²) in [5.41, 5.74) is 2.24. The number of amides is 1. The van der Waals surface area contributed by atoms with Gasteiger partial charge in [0.05, 0.1) is 12.2 Å². The molecule has 6 nitrogen and oxygen atoms in total. The summed E-state index contributed by atoms with van der Waals surface area (Å²) >= 11 is 0. The van der Waals surface area contributed by atoms with Crippen LogP contribution in [0.3, 0.4) is 0 Å². The van der Waals surface area contributed by atoms with Crippen molar-refractivity contribution in [1.29, 1.82) is 0 Å². The van der Waals surface area contributed by atoms with Gasteiger partial charge in [-0.25, -0.2) is 0 Å². The molecule has 0 unspecified atom stereocenters. The first-order valence-electron chi connectivity index (χ1n) is 8.62. The van der Waals surface area contributed by atoms with Gasteiger partial charge >= 0.3 is 0 Å². The Morgan fingerprint density at radius 1 is 1.08 bits per heavy atom. The van der Waals surface area contributed by atoms with Gasteiger partial charge in [-0.2, -0.15) is 5.10 Å². The smallest absolute Gasteiger partial charge is 0.244 e. The summed E-state index contributed by atoms with van der Waals surface area (Å²) in [5.74, 6) is 0.254. The van der Waals surface area contributed by atoms with Crippen LogP contribution in [0.1, 0.15) is 12.0 Å². The van der Waals surface area contributed by atoms with E-state index in [0.717, 1.165) is 51.4 Å². The van der Waals surface area contributed by atoms with Crippen molar-refractivity contribution < 1.29 is 4.79 Å². The number of H-pyrrole nitrogens is 1. The second kappa shape index (κ2) is 6.75. The van der Waals surface area contributed by atoms with E-state index in [1.54, 1.807) is 0 Å². The van der Waals surface area contributed by atoms with Crippen molar-refractivity contribution in [3.63, 3.8) is 0 Å². The van der Waals surface area contributed by atoms with E-state index in [1.807, 2.05) is 47.6 Å². The molecule has 1 aromatic carbocycles. The van der Waals surface area contributed by atoms with E-state index < -0.39 is 0 Å². The largest absolute Gasteiger partial charge is 0.311 e. The molecule has 2 fully saturated rings. The number of hydrogen-bond donors (Lipinski definition) is 1. The Labute approximate surface area is 142 Å². The van der Waals surface area contributed by atoms with Gasteiger partial charge in [0.25, 0.3) is 0 Å². The molecule has 1 aromatic heterocycles. The fraction of sp³-hybridized carbons (Fsp3) is 0.444. The molecule has 3 heterocycles. The summed E-state index contributed by atoms with van der Waals surface area (Å²) in [6.07, 6.45) is 4.75. The monoisotopic (exact) mass is 325 g/mol. The number of para-hydroxylation sites is 1. The van der Waals surface area contributed by atoms with Crippen molar-refractivity contribution in [2.24, 2.45) is 0 Å². The number of piperazine rings is 1. The molecule has 2 aromatic rings. The molecule has 4 rings (SSSR count). The summed E-state index contributed by atoms with van der Waals surface area (Å²) in [7, 11) is 0. The van der Waals surface area contributed by atoms with Gasteiger partial charge in [0, 0.05) is 56.7 Å². The van der Waals surface area contributed by atoms with Crippen LogP contribution in [0, 0.1) is 0 Å². The molecule has 24 heavy (non-hydrogen) atoms. The van der Waals surface area contributed by atoms with Gasteiger partial charge in [0.15, 0.2) is 0 Å². The van der Waals surface area contributed by atoms with E-state index in [0.29, 0.717) is 0 Å². The zero-order valence-corrected chi connectivity index (χ0v) is 13.8. The molecule has 6 heteroatoms. The van der Waals surface area contributed by atoms with E-state index in [-0.39, 0.29) is 11.9 Å². The number of nitrogens with one attached hydrogen (secondary N) is 1. The highest BCUT2D eigenvalue weighted by atomic mass is 16.2. The standard InChI is InChI=1S/C18H23N5O/c24-18-17(6-7-23(18)16-4-2-1-3-5-16)22-10-8-21(9-11-22)14-15-12-19-20-13-15/h1-5,12-13,17H,6-11,14H2,(H,19,20)/t17-/m1/s1. The van der Waals surface area contributed by atoms with Crippen LogP contribution in [0.2, 0.25) is 0 Å². The number of hydrogen-bond acceptors (Lipinski definition) is 4. The minimum atomic E-state index is 0.0429. The Balaban J connectivity index is 1.34. The van der Waals surface area contributed by atoms with Crippen LogP contribution in [-0.2, 0) is 11.3 Å². The van der Waals surface area contributed by atoms with Crippen molar-refractivity contribution >= 4 is 11.6 Å². The van der Waals surface area contributed by atoms with Gasteiger partial charge in [-0.1, -0.05) is 18.2 Å². The molecule has 0 saturated carbocycles. The summed E-state index contributed by atoms with van der Waals surface area (Å²) in [6, 6.07) is 10.0. The highest BCUT2D eigenvalue weighted by Crippen LogP contribution is 2.25. The first kappa shape index (κ1) is 15.4. The zero-order valence-electron chi connectivity index (χ0n) is 13.8. The molecule has 0 bridgehead atoms. The number of carbonyl (C=O) groups is 1. The number of benzene rings is 1. The fourth-order valence-corrected chi connectivity index (χ4v) is 3.72.